The smallest absolute Gasteiger partial charge is 0.334 e. The quantitative estimate of drug-likeness (QED) is 0.710. The molecule has 0 aliphatic heterocycles. The lowest BCUT2D eigenvalue weighted by molar-refractivity contribution is 0.481. The molecule has 0 saturated carbocycles. The Balaban J connectivity index is 2.47. The third-order valence-electron chi connectivity index (χ3n) is 2.85. The van der Waals surface area contributed by atoms with Crippen molar-refractivity contribution in [3.05, 3.63) is 56.0 Å². The number of nitrogens with zero attached hydrogens (tertiary/aromatic N) is 1. The molecule has 0 bridgehead atoms. The molecule has 0 unspecified atom stereocenters. The summed E-state index contributed by atoms with van der Waals surface area (Å²) in [5, 5.41) is 10.4. The van der Waals surface area contributed by atoms with Crippen LogP contribution in [0.25, 0.3) is 15.9 Å². The van der Waals surface area contributed by atoms with Crippen molar-refractivity contribution < 1.29 is 5.11 Å². The van der Waals surface area contributed by atoms with Gasteiger partial charge in [-0.15, -0.1) is 11.3 Å². The van der Waals surface area contributed by atoms with Crippen LogP contribution in [0.15, 0.2) is 39.9 Å². The number of H-pyrrole nitrogens is 1. The number of aromatic amines is 1. The topological polar surface area (TPSA) is 75.1 Å². The monoisotopic (exact) mass is 274 g/mol. The van der Waals surface area contributed by atoms with Crippen molar-refractivity contribution in [2.45, 2.75) is 6.92 Å². The maximum atomic E-state index is 12.4. The largest absolute Gasteiger partial charge is 0.507 e. The SMILES string of the molecule is Cc1ccc(-n2c(=O)[nH]c3cccc(O)c3c2=O)s1. The highest BCUT2D eigenvalue weighted by molar-refractivity contribution is 7.14. The van der Waals surface area contributed by atoms with Gasteiger partial charge in [-0.25, -0.2) is 9.36 Å². The second-order valence-electron chi connectivity index (χ2n) is 4.15. The van der Waals surface area contributed by atoms with E-state index in [0.29, 0.717) is 10.5 Å². The Morgan fingerprint density at radius 2 is 2.00 bits per heavy atom. The zero-order chi connectivity index (χ0) is 13.6. The van der Waals surface area contributed by atoms with Crippen LogP contribution in [0.3, 0.4) is 0 Å². The highest BCUT2D eigenvalue weighted by atomic mass is 32.1. The molecule has 3 rings (SSSR count). The number of fused-ring (bicyclic) bond motifs is 1. The van der Waals surface area contributed by atoms with Gasteiger partial charge in [-0.1, -0.05) is 6.07 Å². The normalized spacial score (nSPS) is 11.0. The highest BCUT2D eigenvalue weighted by Gasteiger charge is 2.13. The molecule has 2 heterocycles. The van der Waals surface area contributed by atoms with Gasteiger partial charge in [-0.05, 0) is 31.2 Å². The summed E-state index contributed by atoms with van der Waals surface area (Å²) in [6.45, 7) is 1.89. The van der Waals surface area contributed by atoms with Crippen LogP contribution in [0.1, 0.15) is 4.88 Å². The van der Waals surface area contributed by atoms with Crippen LogP contribution in [0, 0.1) is 6.92 Å². The molecular formula is C13H10N2O3S. The van der Waals surface area contributed by atoms with Gasteiger partial charge in [0.2, 0.25) is 0 Å². The molecule has 0 spiro atoms. The van der Waals surface area contributed by atoms with Crippen molar-refractivity contribution in [2.75, 3.05) is 0 Å². The van der Waals surface area contributed by atoms with E-state index in [2.05, 4.69) is 4.98 Å². The Hall–Kier alpha value is -2.34. The highest BCUT2D eigenvalue weighted by Crippen LogP contribution is 2.20. The number of phenolic OH excluding ortho intramolecular Hbond substituents is 1. The Morgan fingerprint density at radius 1 is 1.21 bits per heavy atom. The van der Waals surface area contributed by atoms with Crippen molar-refractivity contribution in [1.82, 2.24) is 9.55 Å². The zero-order valence-electron chi connectivity index (χ0n) is 10.0. The number of hydrogen-bond acceptors (Lipinski definition) is 4. The molecule has 0 atom stereocenters. The lowest BCUT2D eigenvalue weighted by atomic mass is 10.2. The van der Waals surface area contributed by atoms with E-state index >= 15 is 0 Å². The molecular weight excluding hydrogens is 264 g/mol. The van der Waals surface area contributed by atoms with E-state index in [1.807, 2.05) is 13.0 Å². The maximum absolute atomic E-state index is 12.4. The summed E-state index contributed by atoms with van der Waals surface area (Å²) in [5.74, 6) is -0.138. The molecule has 0 saturated heterocycles. The number of rotatable bonds is 1. The minimum atomic E-state index is -0.515. The summed E-state index contributed by atoms with van der Waals surface area (Å²) < 4.78 is 1.04. The first-order chi connectivity index (χ1) is 9.08. The molecule has 2 aromatic heterocycles. The fraction of sp³-hybridized carbons (Fsp3) is 0.0769. The first-order valence-corrected chi connectivity index (χ1v) is 6.43. The molecule has 2 N–H and O–H groups in total. The molecule has 3 aromatic rings. The number of aryl methyl sites for hydroxylation is 1. The lowest BCUT2D eigenvalue weighted by Crippen LogP contribution is -2.33. The van der Waals surface area contributed by atoms with E-state index < -0.39 is 11.2 Å². The average Bonchev–Trinajstić information content (AvgIpc) is 2.75. The molecule has 6 heteroatoms. The minimum absolute atomic E-state index is 0.119. The minimum Gasteiger partial charge on any atom is -0.507 e. The van der Waals surface area contributed by atoms with Gasteiger partial charge >= 0.3 is 5.69 Å². The van der Waals surface area contributed by atoms with Crippen molar-refractivity contribution in [3.8, 4) is 10.8 Å². The van der Waals surface area contributed by atoms with Gasteiger partial charge in [0.25, 0.3) is 5.56 Å². The molecule has 5 nitrogen and oxygen atoms in total. The molecule has 0 aliphatic carbocycles. The third kappa shape index (κ3) is 1.77. The van der Waals surface area contributed by atoms with Crippen molar-refractivity contribution >= 4 is 22.2 Å². The molecule has 1 aromatic carbocycles. The van der Waals surface area contributed by atoms with Crippen LogP contribution in [0.5, 0.6) is 5.75 Å². The van der Waals surface area contributed by atoms with E-state index in [0.717, 1.165) is 9.44 Å². The summed E-state index contributed by atoms with van der Waals surface area (Å²) in [5.41, 5.74) is -0.692. The summed E-state index contributed by atoms with van der Waals surface area (Å²) in [6.07, 6.45) is 0. The fourth-order valence-electron chi connectivity index (χ4n) is 1.99. The number of benzene rings is 1. The zero-order valence-corrected chi connectivity index (χ0v) is 10.8. The summed E-state index contributed by atoms with van der Waals surface area (Å²) in [6, 6.07) is 8.13. The van der Waals surface area contributed by atoms with Crippen LogP contribution in [0.2, 0.25) is 0 Å². The Kier molecular flexibility index (Phi) is 2.53. The molecule has 96 valence electrons. The first kappa shape index (κ1) is 11.7. The summed E-state index contributed by atoms with van der Waals surface area (Å²) >= 11 is 1.34. The number of aromatic nitrogens is 2. The van der Waals surface area contributed by atoms with Gasteiger partial charge in [0.1, 0.15) is 16.1 Å². The Labute approximate surface area is 111 Å². The van der Waals surface area contributed by atoms with Crippen LogP contribution in [-0.4, -0.2) is 14.7 Å². The van der Waals surface area contributed by atoms with Crippen LogP contribution < -0.4 is 11.2 Å². The fourth-order valence-corrected chi connectivity index (χ4v) is 2.85. The number of thiophene rings is 1. The molecule has 19 heavy (non-hydrogen) atoms. The van der Waals surface area contributed by atoms with E-state index in [1.54, 1.807) is 18.2 Å². The van der Waals surface area contributed by atoms with Crippen LogP contribution >= 0.6 is 11.3 Å². The molecule has 0 amide bonds. The van der Waals surface area contributed by atoms with Gasteiger partial charge in [0.15, 0.2) is 0 Å². The van der Waals surface area contributed by atoms with Crippen LogP contribution in [-0.2, 0) is 0 Å². The van der Waals surface area contributed by atoms with E-state index in [-0.39, 0.29) is 11.1 Å². The second-order valence-corrected chi connectivity index (χ2v) is 5.42. The van der Waals surface area contributed by atoms with Crippen molar-refractivity contribution in [1.29, 1.82) is 0 Å². The van der Waals surface area contributed by atoms with Crippen LogP contribution in [0.4, 0.5) is 0 Å². The number of phenols is 1. The van der Waals surface area contributed by atoms with Crippen molar-refractivity contribution in [3.63, 3.8) is 0 Å². The second kappa shape index (κ2) is 4.10. The number of nitrogens with one attached hydrogen (secondary N) is 1. The average molecular weight is 274 g/mol. The van der Waals surface area contributed by atoms with Gasteiger partial charge < -0.3 is 10.1 Å². The number of aromatic hydroxyl groups is 1. The van der Waals surface area contributed by atoms with Crippen molar-refractivity contribution in [2.24, 2.45) is 0 Å². The van der Waals surface area contributed by atoms with E-state index in [9.17, 15) is 14.7 Å². The standard InChI is InChI=1S/C13H10N2O3S/c1-7-5-6-10(19-7)15-12(17)11-8(14-13(15)18)3-2-4-9(11)16/h2-6,16H,1H3,(H,14,18). The molecule has 0 radical (unpaired) electrons. The predicted molar refractivity (Wildman–Crippen MR) is 74.4 cm³/mol. The van der Waals surface area contributed by atoms with Gasteiger partial charge in [0.05, 0.1) is 5.52 Å². The Morgan fingerprint density at radius 3 is 2.68 bits per heavy atom. The van der Waals surface area contributed by atoms with E-state index in [4.69, 9.17) is 0 Å². The first-order valence-electron chi connectivity index (χ1n) is 5.62. The number of hydrogen-bond donors (Lipinski definition) is 2. The summed E-state index contributed by atoms with van der Waals surface area (Å²) in [4.78, 5) is 28.0. The maximum Gasteiger partial charge on any atom is 0.334 e. The molecule has 0 aliphatic rings. The van der Waals surface area contributed by atoms with E-state index in [1.165, 1.54) is 17.4 Å². The van der Waals surface area contributed by atoms with Gasteiger partial charge in [-0.2, -0.15) is 0 Å². The lowest BCUT2D eigenvalue weighted by Gasteiger charge is -2.04. The Bertz CT molecular complexity index is 889. The summed E-state index contributed by atoms with van der Waals surface area (Å²) in [7, 11) is 0. The predicted octanol–water partition coefficient (Wildman–Crippen LogP) is 1.75. The van der Waals surface area contributed by atoms with Gasteiger partial charge in [-0.3, -0.25) is 4.79 Å². The van der Waals surface area contributed by atoms with Gasteiger partial charge in [0, 0.05) is 4.88 Å². The third-order valence-corrected chi connectivity index (χ3v) is 3.84. The molecule has 0 fully saturated rings.